The summed E-state index contributed by atoms with van der Waals surface area (Å²) in [5.74, 6) is 0.0576. The first-order chi connectivity index (χ1) is 32.9. The summed E-state index contributed by atoms with van der Waals surface area (Å²) in [4.78, 5) is 29.8. The number of carbonyl (C=O) groups is 2. The highest BCUT2D eigenvalue weighted by atomic mass is 32.3. The SMILES string of the molecule is CCc1cc(-c2n[nH]c(C(=O)NCCCNC(=O)Cc3ccc4c(c3)C(C)(C)C3C5C=C6C7=[N+](CCC6OC5CCN43)c3ccc(S(O)(O)O)cc3C7(C)C)c2-c2ccc(OC)cc2)c(O)cc1O. The van der Waals surface area contributed by atoms with Gasteiger partial charge in [-0.2, -0.15) is 9.67 Å². The lowest BCUT2D eigenvalue weighted by Gasteiger charge is -2.50. The fourth-order valence-corrected chi connectivity index (χ4v) is 12.4. The van der Waals surface area contributed by atoms with Crippen LogP contribution in [-0.4, -0.2) is 108 Å². The second-order valence-corrected chi connectivity index (χ2v) is 21.5. The number of nitrogens with one attached hydrogen (secondary N) is 3. The molecule has 5 aromatic rings. The summed E-state index contributed by atoms with van der Waals surface area (Å²) in [6.07, 6.45) is 5.49. The second kappa shape index (κ2) is 17.4. The monoisotopic (exact) mass is 957 g/mol. The number of carbonyl (C=O) groups excluding carboxylic acids is 2. The highest BCUT2D eigenvalue weighted by Gasteiger charge is 2.58. The maximum Gasteiger partial charge on any atom is 0.269 e. The Morgan fingerprint density at radius 2 is 1.71 bits per heavy atom. The van der Waals surface area contributed by atoms with E-state index in [-0.39, 0.29) is 70.5 Å². The van der Waals surface area contributed by atoms with Gasteiger partial charge in [0.15, 0.2) is 12.3 Å². The Hall–Kier alpha value is -6.17. The van der Waals surface area contributed by atoms with Crippen LogP contribution in [0.1, 0.15) is 86.6 Å². The number of anilines is 1. The number of nitrogens with zero attached hydrogens (tertiary/aromatic N) is 3. The van der Waals surface area contributed by atoms with Gasteiger partial charge in [0, 0.05) is 83.5 Å². The molecule has 4 aromatic carbocycles. The van der Waals surface area contributed by atoms with Crippen molar-refractivity contribution >= 4 is 39.8 Å². The molecule has 15 nitrogen and oxygen atoms in total. The number of amides is 2. The average molecular weight is 958 g/mol. The van der Waals surface area contributed by atoms with Crippen LogP contribution in [0.2, 0.25) is 0 Å². The zero-order valence-electron chi connectivity index (χ0n) is 39.8. The molecule has 4 atom stereocenters. The van der Waals surface area contributed by atoms with Crippen molar-refractivity contribution in [2.24, 2.45) is 5.92 Å². The molecular weight excluding hydrogens is 897 g/mol. The van der Waals surface area contributed by atoms with Crippen LogP contribution >= 0.6 is 10.9 Å². The van der Waals surface area contributed by atoms with Crippen LogP contribution in [-0.2, 0) is 33.2 Å². The lowest BCUT2D eigenvalue weighted by molar-refractivity contribution is -0.445. The normalized spacial score (nSPS) is 21.8. The number of phenols is 2. The van der Waals surface area contributed by atoms with Crippen LogP contribution < -0.4 is 20.3 Å². The topological polar surface area (TPSA) is 213 Å². The molecule has 8 N–H and O–H groups in total. The standard InChI is InChI=1S/C53H60N6O9S/c1-7-30-25-34(42(61)28-41(30)60)47-46(31-10-12-32(67-6)13-11-31)48(57-56-47)51(63)55-20-8-19-54-45(62)24-29-9-15-39-37(23-29)52(2,3)49-35-27-36-44(68-43(35)17-21-58(39)49)18-22-59-40-16-14-33(69(64,65)66)26-38(40)53(4,5)50(36)59/h9-16,23,25-28,35,43-44,49H,7-8,17-22,24H2,1-6H3,(H7-,54,55,56,57,60,61,62,63,64,65,66)/p+1. The number of hydrogen-bond donors (Lipinski definition) is 8. The van der Waals surface area contributed by atoms with Crippen molar-refractivity contribution in [3.05, 3.63) is 112 Å². The molecule has 1 aromatic heterocycles. The van der Waals surface area contributed by atoms with E-state index in [4.69, 9.17) is 9.47 Å². The molecule has 0 spiro atoms. The van der Waals surface area contributed by atoms with Crippen LogP contribution in [0.3, 0.4) is 0 Å². The van der Waals surface area contributed by atoms with Crippen molar-refractivity contribution in [3.8, 4) is 39.6 Å². The number of aromatic amines is 1. The predicted octanol–water partition coefficient (Wildman–Crippen LogP) is 8.45. The highest BCUT2D eigenvalue weighted by Crippen LogP contribution is 2.55. The maximum absolute atomic E-state index is 13.7. The number of benzene rings is 4. The average Bonchev–Trinajstić information content (AvgIpc) is 3.93. The molecular formula is C53H61N6O9S+. The van der Waals surface area contributed by atoms with E-state index in [2.05, 4.69) is 82.3 Å². The molecule has 69 heavy (non-hydrogen) atoms. The number of piperidine rings is 1. The largest absolute Gasteiger partial charge is 0.508 e. The van der Waals surface area contributed by atoms with Crippen LogP contribution in [0.25, 0.3) is 22.4 Å². The fourth-order valence-electron chi connectivity index (χ4n) is 11.9. The van der Waals surface area contributed by atoms with E-state index >= 15 is 0 Å². The Bertz CT molecular complexity index is 2950. The predicted molar refractivity (Wildman–Crippen MR) is 265 cm³/mol. The first-order valence-corrected chi connectivity index (χ1v) is 25.3. The summed E-state index contributed by atoms with van der Waals surface area (Å²) in [6.45, 7) is 13.1. The fraction of sp³-hybridized carbons (Fsp3) is 0.396. The van der Waals surface area contributed by atoms with Crippen molar-refractivity contribution in [2.45, 2.75) is 101 Å². The van der Waals surface area contributed by atoms with Gasteiger partial charge in [-0.1, -0.05) is 51.1 Å². The zero-order chi connectivity index (χ0) is 48.7. The number of rotatable bonds is 12. The van der Waals surface area contributed by atoms with Gasteiger partial charge in [-0.25, -0.2) is 0 Å². The van der Waals surface area contributed by atoms with Gasteiger partial charge < -0.3 is 48.9 Å². The lowest BCUT2D eigenvalue weighted by atomic mass is 9.68. The van der Waals surface area contributed by atoms with Crippen molar-refractivity contribution in [3.63, 3.8) is 0 Å². The Kier molecular flexibility index (Phi) is 11.7. The van der Waals surface area contributed by atoms with Gasteiger partial charge in [0.25, 0.3) is 5.91 Å². The number of methoxy groups -OCH3 is 1. The smallest absolute Gasteiger partial charge is 0.269 e. The van der Waals surface area contributed by atoms with Gasteiger partial charge >= 0.3 is 0 Å². The third-order valence-electron chi connectivity index (χ3n) is 15.2. The Balaban J connectivity index is 0.799. The van der Waals surface area contributed by atoms with Gasteiger partial charge in [0.2, 0.25) is 11.6 Å². The van der Waals surface area contributed by atoms with Gasteiger partial charge in [-0.3, -0.25) is 14.7 Å². The van der Waals surface area contributed by atoms with Gasteiger partial charge in [-0.05, 0) is 91.8 Å². The second-order valence-electron chi connectivity index (χ2n) is 20.0. The third-order valence-corrected chi connectivity index (χ3v) is 16.1. The van der Waals surface area contributed by atoms with Crippen molar-refractivity contribution in [2.75, 3.05) is 38.2 Å². The van der Waals surface area contributed by atoms with Crippen LogP contribution in [0.15, 0.2) is 89.3 Å². The van der Waals surface area contributed by atoms with Crippen molar-refractivity contribution in [1.82, 2.24) is 20.8 Å². The molecule has 0 aliphatic carbocycles. The molecule has 0 radical (unpaired) electrons. The molecule has 5 aliphatic rings. The summed E-state index contributed by atoms with van der Waals surface area (Å²) in [5.41, 5.74) is 9.68. The van der Waals surface area contributed by atoms with E-state index in [1.54, 1.807) is 37.4 Å². The molecule has 0 bridgehead atoms. The minimum atomic E-state index is -3.86. The van der Waals surface area contributed by atoms with E-state index < -0.39 is 22.2 Å². The molecule has 6 heterocycles. The van der Waals surface area contributed by atoms with E-state index in [1.807, 2.05) is 25.1 Å². The van der Waals surface area contributed by atoms with Crippen molar-refractivity contribution in [1.29, 1.82) is 0 Å². The number of aryl methyl sites for hydroxylation is 1. The van der Waals surface area contributed by atoms with E-state index in [9.17, 15) is 33.5 Å². The van der Waals surface area contributed by atoms with Crippen LogP contribution in [0.5, 0.6) is 17.2 Å². The molecule has 16 heteroatoms. The van der Waals surface area contributed by atoms with Crippen LogP contribution in [0.4, 0.5) is 11.4 Å². The summed E-state index contributed by atoms with van der Waals surface area (Å²) in [6, 6.07) is 21.9. The summed E-state index contributed by atoms with van der Waals surface area (Å²) < 4.78 is 45.1. The molecule has 0 saturated carbocycles. The van der Waals surface area contributed by atoms with E-state index in [1.165, 1.54) is 28.6 Å². The quantitative estimate of drug-likeness (QED) is 0.0439. The number of aromatic nitrogens is 2. The Morgan fingerprint density at radius 1 is 0.942 bits per heavy atom. The maximum atomic E-state index is 13.7. The lowest BCUT2D eigenvalue weighted by Crippen LogP contribution is -2.58. The molecule has 2 amide bonds. The van der Waals surface area contributed by atoms with Gasteiger partial charge in [0.1, 0.15) is 39.5 Å². The number of phenolic OH excluding ortho intramolecular Hbond substituents is 2. The minimum Gasteiger partial charge on any atom is -0.508 e. The number of H-pyrrole nitrogens is 1. The molecule has 4 unspecified atom stereocenters. The molecule has 1 saturated heterocycles. The van der Waals surface area contributed by atoms with E-state index in [0.717, 1.165) is 42.7 Å². The third kappa shape index (κ3) is 7.95. The van der Waals surface area contributed by atoms with Gasteiger partial charge in [-0.15, -0.1) is 0 Å². The summed E-state index contributed by atoms with van der Waals surface area (Å²) in [7, 11) is -2.29. The first kappa shape index (κ1) is 46.6. The zero-order valence-corrected chi connectivity index (χ0v) is 40.6. The van der Waals surface area contributed by atoms with Crippen molar-refractivity contribution < 1.29 is 47.5 Å². The number of hydrogen-bond acceptors (Lipinski definition) is 11. The summed E-state index contributed by atoms with van der Waals surface area (Å²) in [5, 5.41) is 34.6. The van der Waals surface area contributed by atoms with E-state index in [0.29, 0.717) is 53.1 Å². The highest BCUT2D eigenvalue weighted by molar-refractivity contribution is 8.19. The van der Waals surface area contributed by atoms with Gasteiger partial charge in [0.05, 0.1) is 36.0 Å². The molecule has 10 rings (SSSR count). The first-order valence-electron chi connectivity index (χ1n) is 23.8. The Labute approximate surface area is 403 Å². The summed E-state index contributed by atoms with van der Waals surface area (Å²) >= 11 is 0. The molecule has 5 aliphatic heterocycles. The number of ether oxygens (including phenoxy) is 2. The minimum absolute atomic E-state index is 0.0207. The number of fused-ring (bicyclic) bond motifs is 9. The van der Waals surface area contributed by atoms with Crippen LogP contribution in [0, 0.1) is 5.92 Å². The number of aromatic hydroxyl groups is 2. The molecule has 1 fully saturated rings. The molecule has 362 valence electrons. The Morgan fingerprint density at radius 3 is 2.45 bits per heavy atom.